The second-order valence-corrected chi connectivity index (χ2v) is 7.57. The van der Waals surface area contributed by atoms with Crippen LogP contribution in [0.1, 0.15) is 41.8 Å². The number of rotatable bonds is 3. The topological polar surface area (TPSA) is 65.1 Å². The van der Waals surface area contributed by atoms with Crippen LogP contribution in [0.2, 0.25) is 0 Å². The highest BCUT2D eigenvalue weighted by molar-refractivity contribution is 5.98. The van der Waals surface area contributed by atoms with Crippen molar-refractivity contribution in [1.29, 1.82) is 0 Å². The maximum absolute atomic E-state index is 13.4. The van der Waals surface area contributed by atoms with Crippen LogP contribution in [-0.2, 0) is 0 Å². The molecule has 0 unspecified atom stereocenters. The molecule has 0 spiro atoms. The van der Waals surface area contributed by atoms with Gasteiger partial charge < -0.3 is 14.8 Å². The molecule has 0 bridgehead atoms. The second-order valence-electron chi connectivity index (χ2n) is 7.57. The summed E-state index contributed by atoms with van der Waals surface area (Å²) in [6.07, 6.45) is 0. The van der Waals surface area contributed by atoms with E-state index in [1.807, 2.05) is 17.9 Å². The van der Waals surface area contributed by atoms with Gasteiger partial charge in [-0.05, 0) is 31.2 Å². The third-order valence-electron chi connectivity index (χ3n) is 5.08. The van der Waals surface area contributed by atoms with Crippen molar-refractivity contribution in [2.45, 2.75) is 26.7 Å². The molecule has 0 aliphatic carbocycles. The minimum absolute atomic E-state index is 0.0574. The standard InChI is InChI=1S/C21H24FN5O/c1-13(2)20-23-14(3)10-19(25-20)26-6-8-27(9-7-26)21(28)18-12-15-11-16(22)4-5-17(15)24-18/h4-5,10-13,24H,6-9H2,1-3H3. The number of aromatic nitrogens is 3. The number of fused-ring (bicyclic) bond motifs is 1. The van der Waals surface area contributed by atoms with E-state index in [-0.39, 0.29) is 17.6 Å². The molecule has 0 atom stereocenters. The van der Waals surface area contributed by atoms with E-state index in [1.165, 1.54) is 12.1 Å². The molecule has 1 N–H and O–H groups in total. The number of aromatic amines is 1. The highest BCUT2D eigenvalue weighted by atomic mass is 19.1. The first-order valence-electron chi connectivity index (χ1n) is 9.59. The van der Waals surface area contributed by atoms with Crippen molar-refractivity contribution in [2.24, 2.45) is 0 Å². The molecule has 146 valence electrons. The lowest BCUT2D eigenvalue weighted by Gasteiger charge is -2.35. The van der Waals surface area contributed by atoms with Crippen LogP contribution in [0.3, 0.4) is 0 Å². The van der Waals surface area contributed by atoms with Crippen LogP contribution in [0.4, 0.5) is 10.2 Å². The molecule has 1 amide bonds. The van der Waals surface area contributed by atoms with E-state index >= 15 is 0 Å². The third kappa shape index (κ3) is 3.56. The van der Waals surface area contributed by atoms with Crippen molar-refractivity contribution < 1.29 is 9.18 Å². The smallest absolute Gasteiger partial charge is 0.270 e. The fourth-order valence-corrected chi connectivity index (χ4v) is 3.52. The van der Waals surface area contributed by atoms with Gasteiger partial charge in [0.2, 0.25) is 0 Å². The van der Waals surface area contributed by atoms with Gasteiger partial charge in [-0.1, -0.05) is 13.8 Å². The predicted molar refractivity (Wildman–Crippen MR) is 107 cm³/mol. The first-order chi connectivity index (χ1) is 13.4. The molecule has 1 saturated heterocycles. The van der Waals surface area contributed by atoms with E-state index < -0.39 is 0 Å². The quantitative estimate of drug-likeness (QED) is 0.754. The molecule has 2 aromatic heterocycles. The number of aryl methyl sites for hydroxylation is 1. The number of piperazine rings is 1. The fourth-order valence-electron chi connectivity index (χ4n) is 3.52. The Morgan fingerprint density at radius 2 is 1.86 bits per heavy atom. The van der Waals surface area contributed by atoms with Gasteiger partial charge in [0.05, 0.1) is 0 Å². The van der Waals surface area contributed by atoms with Crippen molar-refractivity contribution in [1.82, 2.24) is 19.9 Å². The molecular weight excluding hydrogens is 357 g/mol. The first kappa shape index (κ1) is 18.4. The van der Waals surface area contributed by atoms with E-state index in [0.717, 1.165) is 22.9 Å². The van der Waals surface area contributed by atoms with Gasteiger partial charge >= 0.3 is 0 Å². The average molecular weight is 381 g/mol. The lowest BCUT2D eigenvalue weighted by Crippen LogP contribution is -2.49. The highest BCUT2D eigenvalue weighted by Crippen LogP contribution is 2.21. The van der Waals surface area contributed by atoms with Gasteiger partial charge in [-0.2, -0.15) is 0 Å². The van der Waals surface area contributed by atoms with Crippen LogP contribution in [0.25, 0.3) is 10.9 Å². The van der Waals surface area contributed by atoms with E-state index in [4.69, 9.17) is 4.98 Å². The number of nitrogens with zero attached hydrogens (tertiary/aromatic N) is 4. The van der Waals surface area contributed by atoms with Crippen molar-refractivity contribution in [2.75, 3.05) is 31.1 Å². The molecule has 1 aromatic carbocycles. The van der Waals surface area contributed by atoms with E-state index in [0.29, 0.717) is 37.3 Å². The number of benzene rings is 1. The lowest BCUT2D eigenvalue weighted by molar-refractivity contribution is 0.0741. The number of carbonyl (C=O) groups is 1. The number of anilines is 1. The van der Waals surface area contributed by atoms with E-state index in [1.54, 1.807) is 12.1 Å². The van der Waals surface area contributed by atoms with Crippen LogP contribution >= 0.6 is 0 Å². The summed E-state index contributed by atoms with van der Waals surface area (Å²) >= 11 is 0. The molecule has 6 nitrogen and oxygen atoms in total. The molecule has 1 fully saturated rings. The zero-order valence-electron chi connectivity index (χ0n) is 16.4. The summed E-state index contributed by atoms with van der Waals surface area (Å²) < 4.78 is 13.4. The van der Waals surface area contributed by atoms with Crippen molar-refractivity contribution in [3.05, 3.63) is 53.4 Å². The van der Waals surface area contributed by atoms with Crippen molar-refractivity contribution in [3.8, 4) is 0 Å². The molecule has 7 heteroatoms. The summed E-state index contributed by atoms with van der Waals surface area (Å²) in [6.45, 7) is 8.81. The van der Waals surface area contributed by atoms with Crippen LogP contribution in [-0.4, -0.2) is 51.9 Å². The highest BCUT2D eigenvalue weighted by Gasteiger charge is 2.24. The maximum atomic E-state index is 13.4. The zero-order chi connectivity index (χ0) is 19.8. The monoisotopic (exact) mass is 381 g/mol. The van der Waals surface area contributed by atoms with Gasteiger partial charge in [0.15, 0.2) is 0 Å². The van der Waals surface area contributed by atoms with Gasteiger partial charge in [-0.25, -0.2) is 14.4 Å². The minimum atomic E-state index is -0.306. The number of H-pyrrole nitrogens is 1. The maximum Gasteiger partial charge on any atom is 0.270 e. The number of carbonyl (C=O) groups excluding carboxylic acids is 1. The summed E-state index contributed by atoms with van der Waals surface area (Å²) in [4.78, 5) is 29.2. The molecule has 1 aliphatic rings. The normalized spacial score (nSPS) is 14.9. The number of halogens is 1. The lowest BCUT2D eigenvalue weighted by atomic mass is 10.2. The number of nitrogens with one attached hydrogen (secondary N) is 1. The summed E-state index contributed by atoms with van der Waals surface area (Å²) in [5.41, 5.74) is 2.22. The summed E-state index contributed by atoms with van der Waals surface area (Å²) in [7, 11) is 0. The SMILES string of the molecule is Cc1cc(N2CCN(C(=O)c3cc4cc(F)ccc4[nH]3)CC2)nc(C(C)C)n1. The van der Waals surface area contributed by atoms with Crippen LogP contribution in [0.15, 0.2) is 30.3 Å². The van der Waals surface area contributed by atoms with Gasteiger partial charge in [-0.3, -0.25) is 4.79 Å². The van der Waals surface area contributed by atoms with Crippen LogP contribution < -0.4 is 4.90 Å². The van der Waals surface area contributed by atoms with Crippen LogP contribution in [0.5, 0.6) is 0 Å². The Hall–Kier alpha value is -2.96. The number of amides is 1. The summed E-state index contributed by atoms with van der Waals surface area (Å²) in [5, 5.41) is 0.708. The largest absolute Gasteiger partial charge is 0.353 e. The Morgan fingerprint density at radius 1 is 1.11 bits per heavy atom. The predicted octanol–water partition coefficient (Wildman–Crippen LogP) is 3.49. The number of hydrogen-bond donors (Lipinski definition) is 1. The molecule has 1 aliphatic heterocycles. The molecule has 28 heavy (non-hydrogen) atoms. The Labute approximate surface area is 163 Å². The van der Waals surface area contributed by atoms with Gasteiger partial charge in [0, 0.05) is 54.8 Å². The molecule has 0 saturated carbocycles. The fraction of sp³-hybridized carbons (Fsp3) is 0.381. The first-order valence-corrected chi connectivity index (χ1v) is 9.59. The molecule has 0 radical (unpaired) electrons. The molecule has 3 heterocycles. The zero-order valence-corrected chi connectivity index (χ0v) is 16.4. The molecule has 4 rings (SSSR count). The Balaban J connectivity index is 1.47. The van der Waals surface area contributed by atoms with Crippen molar-refractivity contribution in [3.63, 3.8) is 0 Å². The third-order valence-corrected chi connectivity index (χ3v) is 5.08. The summed E-state index contributed by atoms with van der Waals surface area (Å²) in [6, 6.07) is 8.19. The van der Waals surface area contributed by atoms with E-state index in [9.17, 15) is 9.18 Å². The molecule has 3 aromatic rings. The van der Waals surface area contributed by atoms with Gasteiger partial charge in [-0.15, -0.1) is 0 Å². The Morgan fingerprint density at radius 3 is 2.57 bits per heavy atom. The van der Waals surface area contributed by atoms with Gasteiger partial charge in [0.1, 0.15) is 23.2 Å². The van der Waals surface area contributed by atoms with Crippen molar-refractivity contribution >= 4 is 22.6 Å². The number of hydrogen-bond acceptors (Lipinski definition) is 4. The van der Waals surface area contributed by atoms with Crippen LogP contribution in [0, 0.1) is 12.7 Å². The average Bonchev–Trinajstić information content (AvgIpc) is 3.10. The second kappa shape index (κ2) is 7.22. The van der Waals surface area contributed by atoms with E-state index in [2.05, 4.69) is 28.7 Å². The molecular formula is C21H24FN5O. The van der Waals surface area contributed by atoms with Gasteiger partial charge in [0.25, 0.3) is 5.91 Å². The minimum Gasteiger partial charge on any atom is -0.353 e. The Kier molecular flexibility index (Phi) is 4.75. The summed E-state index contributed by atoms with van der Waals surface area (Å²) in [5.74, 6) is 1.68. The Bertz CT molecular complexity index is 1020.